The van der Waals surface area contributed by atoms with Crippen molar-refractivity contribution in [1.82, 2.24) is 0 Å². The van der Waals surface area contributed by atoms with Crippen LogP contribution in [0.5, 0.6) is 0 Å². The summed E-state index contributed by atoms with van der Waals surface area (Å²) < 4.78 is 89.9. The molecule has 10 heteroatoms. The largest absolute Gasteiger partial charge is 0.444 e. The molecule has 0 spiro atoms. The van der Waals surface area contributed by atoms with Crippen molar-refractivity contribution >= 4 is 10.0 Å². The smallest absolute Gasteiger partial charge is 0.225 e. The zero-order chi connectivity index (χ0) is 11.1. The van der Waals surface area contributed by atoms with Crippen molar-refractivity contribution in [2.24, 2.45) is 5.14 Å². The molecule has 0 heterocycles. The van der Waals surface area contributed by atoms with E-state index in [-0.39, 0.29) is 0 Å². The molecule has 0 aliphatic carbocycles. The van der Waals surface area contributed by atoms with Gasteiger partial charge in [0.2, 0.25) is 0 Å². The van der Waals surface area contributed by atoms with E-state index in [1.165, 1.54) is 0 Å². The van der Waals surface area contributed by atoms with E-state index >= 15 is 0 Å². The Morgan fingerprint density at radius 1 is 1.08 bits per heavy atom. The Balaban J connectivity index is 5.50. The summed E-state index contributed by atoms with van der Waals surface area (Å²) in [6.07, 6.45) is -11.1. The van der Waals surface area contributed by atoms with Gasteiger partial charge in [-0.3, -0.25) is 0 Å². The molecule has 3 nitrogen and oxygen atoms in total. The maximum absolute atomic E-state index is 12.3. The lowest BCUT2D eigenvalue weighted by molar-refractivity contribution is -0.231. The minimum Gasteiger partial charge on any atom is -0.225 e. The third kappa shape index (κ3) is 1.88. The molecule has 0 radical (unpaired) electrons. The number of hydrogen-bond donors (Lipinski definition) is 1. The fourth-order valence-electron chi connectivity index (χ4n) is 0.409. The molecule has 0 saturated carbocycles. The molecule has 0 bridgehead atoms. The number of nitrogens with two attached hydrogens (primary N) is 1. The first-order valence-corrected chi connectivity index (χ1v) is 4.05. The number of primary sulfonamides is 1. The second-order valence-electron chi connectivity index (χ2n) is 1.99. The Hall–Kier alpha value is -0.510. The van der Waals surface area contributed by atoms with Crippen molar-refractivity contribution in [2.45, 2.75) is 17.6 Å². The van der Waals surface area contributed by atoms with Gasteiger partial charge in [0.1, 0.15) is 0 Å². The number of rotatable bonds is 2. The van der Waals surface area contributed by atoms with Gasteiger partial charge in [0.25, 0.3) is 16.4 Å². The van der Waals surface area contributed by atoms with E-state index in [2.05, 4.69) is 5.14 Å². The summed E-state index contributed by atoms with van der Waals surface area (Å²) in [5.74, 6) is 0. The normalized spacial score (nSPS) is 18.8. The van der Waals surface area contributed by atoms with Gasteiger partial charge in [-0.2, -0.15) is 13.2 Å². The van der Waals surface area contributed by atoms with Crippen LogP contribution in [0.1, 0.15) is 0 Å². The van der Waals surface area contributed by atoms with Gasteiger partial charge in [0, 0.05) is 0 Å². The Morgan fingerprint density at radius 2 is 1.38 bits per heavy atom. The van der Waals surface area contributed by atoms with Gasteiger partial charge in [0.05, 0.1) is 0 Å². The van der Waals surface area contributed by atoms with Crippen molar-refractivity contribution in [3.05, 3.63) is 0 Å². The molecular weight excluding hydrogens is 228 g/mol. The molecule has 2 N–H and O–H groups in total. The third-order valence-corrected chi connectivity index (χ3v) is 2.32. The van der Waals surface area contributed by atoms with E-state index in [1.807, 2.05) is 0 Å². The molecule has 0 aromatic heterocycles. The quantitative estimate of drug-likeness (QED) is 0.713. The standard InChI is InChI=1S/C3H3F6NO2S/c4-1(5)2(6,3(7,8)9)13(10,11)12/h1H,(H2,10,11,12). The topological polar surface area (TPSA) is 60.2 Å². The molecule has 0 aliphatic heterocycles. The summed E-state index contributed by atoms with van der Waals surface area (Å²) in [6.45, 7) is 0. The summed E-state index contributed by atoms with van der Waals surface area (Å²) in [5, 5.41) is -2.01. The molecule has 0 saturated heterocycles. The van der Waals surface area contributed by atoms with Crippen LogP contribution in [-0.4, -0.2) is 26.0 Å². The fraction of sp³-hybridized carbons (Fsp3) is 1.00. The fourth-order valence-corrected chi connectivity index (χ4v) is 0.980. The van der Waals surface area contributed by atoms with Crippen LogP contribution < -0.4 is 5.14 Å². The minimum atomic E-state index is -6.27. The first kappa shape index (κ1) is 12.5. The van der Waals surface area contributed by atoms with Crippen molar-refractivity contribution in [3.8, 4) is 0 Å². The van der Waals surface area contributed by atoms with Gasteiger partial charge in [-0.15, -0.1) is 0 Å². The number of halogens is 6. The van der Waals surface area contributed by atoms with Gasteiger partial charge in [-0.05, 0) is 0 Å². The van der Waals surface area contributed by atoms with Gasteiger partial charge < -0.3 is 0 Å². The van der Waals surface area contributed by atoms with Crippen LogP contribution in [0.2, 0.25) is 0 Å². The predicted octanol–water partition coefficient (Wildman–Crippen LogP) is 0.768. The lowest BCUT2D eigenvalue weighted by atomic mass is 10.4. The van der Waals surface area contributed by atoms with Crippen molar-refractivity contribution < 1.29 is 34.8 Å². The zero-order valence-electron chi connectivity index (χ0n) is 5.65. The van der Waals surface area contributed by atoms with Gasteiger partial charge >= 0.3 is 11.2 Å². The SMILES string of the molecule is NS(=O)(=O)C(F)(C(F)F)C(F)(F)F. The molecule has 0 rings (SSSR count). The van der Waals surface area contributed by atoms with Crippen LogP contribution in [0, 0.1) is 0 Å². The maximum atomic E-state index is 12.3. The summed E-state index contributed by atoms with van der Waals surface area (Å²) >= 11 is 0. The molecule has 1 unspecified atom stereocenters. The Labute approximate surface area is 68.6 Å². The summed E-state index contributed by atoms with van der Waals surface area (Å²) in [4.78, 5) is 0. The molecule has 0 fully saturated rings. The highest BCUT2D eigenvalue weighted by molar-refractivity contribution is 7.90. The molecule has 0 aromatic rings. The Morgan fingerprint density at radius 3 is 1.38 bits per heavy atom. The summed E-state index contributed by atoms with van der Waals surface area (Å²) in [6, 6.07) is 0. The zero-order valence-corrected chi connectivity index (χ0v) is 6.46. The van der Waals surface area contributed by atoms with Gasteiger partial charge in [0.15, 0.2) is 0 Å². The maximum Gasteiger partial charge on any atom is 0.444 e. The Kier molecular flexibility index (Phi) is 2.89. The predicted molar refractivity (Wildman–Crippen MR) is 29.0 cm³/mol. The van der Waals surface area contributed by atoms with E-state index in [4.69, 9.17) is 0 Å². The average molecular weight is 231 g/mol. The number of alkyl halides is 6. The summed E-state index contributed by atoms with van der Waals surface area (Å²) in [5.41, 5.74) is 0. The Bertz CT molecular complexity index is 283. The molecular formula is C3H3F6NO2S. The van der Waals surface area contributed by atoms with E-state index in [1.54, 1.807) is 0 Å². The number of hydrogen-bond acceptors (Lipinski definition) is 2. The van der Waals surface area contributed by atoms with E-state index < -0.39 is 27.6 Å². The van der Waals surface area contributed by atoms with Crippen LogP contribution >= 0.6 is 0 Å². The first-order valence-electron chi connectivity index (χ1n) is 2.50. The monoisotopic (exact) mass is 231 g/mol. The van der Waals surface area contributed by atoms with Crippen LogP contribution in [0.15, 0.2) is 0 Å². The molecule has 0 aliphatic rings. The third-order valence-electron chi connectivity index (χ3n) is 1.08. The second-order valence-corrected chi connectivity index (χ2v) is 3.67. The highest BCUT2D eigenvalue weighted by Crippen LogP contribution is 2.41. The number of sulfonamides is 1. The van der Waals surface area contributed by atoms with E-state index in [9.17, 15) is 34.8 Å². The molecule has 1 atom stereocenters. The molecule has 80 valence electrons. The highest BCUT2D eigenvalue weighted by Gasteiger charge is 2.71. The van der Waals surface area contributed by atoms with Crippen LogP contribution in [0.25, 0.3) is 0 Å². The molecule has 0 aromatic carbocycles. The summed E-state index contributed by atoms with van der Waals surface area (Å²) in [7, 11) is -6.06. The van der Waals surface area contributed by atoms with E-state index in [0.29, 0.717) is 0 Å². The van der Waals surface area contributed by atoms with Gasteiger partial charge in [-0.1, -0.05) is 0 Å². The van der Waals surface area contributed by atoms with Crippen molar-refractivity contribution in [3.63, 3.8) is 0 Å². The van der Waals surface area contributed by atoms with Crippen LogP contribution in [0.4, 0.5) is 26.3 Å². The first-order chi connectivity index (χ1) is 5.44. The van der Waals surface area contributed by atoms with Crippen LogP contribution in [-0.2, 0) is 10.0 Å². The van der Waals surface area contributed by atoms with Crippen LogP contribution in [0.3, 0.4) is 0 Å². The van der Waals surface area contributed by atoms with Gasteiger partial charge in [-0.25, -0.2) is 26.7 Å². The van der Waals surface area contributed by atoms with Crippen molar-refractivity contribution in [2.75, 3.05) is 0 Å². The van der Waals surface area contributed by atoms with Crippen molar-refractivity contribution in [1.29, 1.82) is 0 Å². The lowest BCUT2D eigenvalue weighted by Crippen LogP contribution is -2.56. The van der Waals surface area contributed by atoms with E-state index in [0.717, 1.165) is 0 Å². The minimum absolute atomic E-state index is 3.70. The lowest BCUT2D eigenvalue weighted by Gasteiger charge is -2.24. The second kappa shape index (κ2) is 3.01. The molecule has 13 heavy (non-hydrogen) atoms. The highest BCUT2D eigenvalue weighted by atomic mass is 32.2. The average Bonchev–Trinajstić information content (AvgIpc) is 1.80. The molecule has 0 amide bonds.